The van der Waals surface area contributed by atoms with Crippen molar-refractivity contribution in [1.82, 2.24) is 30.1 Å². The van der Waals surface area contributed by atoms with E-state index in [9.17, 15) is 22.8 Å². The molecule has 0 aliphatic carbocycles. The molecule has 2 aromatic rings. The number of aromatic amines is 1. The maximum absolute atomic E-state index is 13.1. The van der Waals surface area contributed by atoms with E-state index < -0.39 is 6.36 Å². The fourth-order valence-electron chi connectivity index (χ4n) is 4.80. The van der Waals surface area contributed by atoms with Gasteiger partial charge in [-0.3, -0.25) is 9.89 Å². The van der Waals surface area contributed by atoms with Crippen LogP contribution in [0.1, 0.15) is 23.4 Å². The molecule has 3 aliphatic heterocycles. The lowest BCUT2D eigenvalue weighted by molar-refractivity contribution is -0.274. The van der Waals surface area contributed by atoms with Crippen LogP contribution in [0.15, 0.2) is 42.0 Å². The largest absolute Gasteiger partial charge is 0.573 e. The van der Waals surface area contributed by atoms with E-state index in [1.807, 2.05) is 11.0 Å². The summed E-state index contributed by atoms with van der Waals surface area (Å²) >= 11 is 0. The Morgan fingerprint density at radius 3 is 2.67 bits per heavy atom. The zero-order chi connectivity index (χ0) is 25.3. The van der Waals surface area contributed by atoms with Crippen molar-refractivity contribution in [1.29, 1.82) is 0 Å². The van der Waals surface area contributed by atoms with Crippen LogP contribution in [-0.4, -0.2) is 81.1 Å². The van der Waals surface area contributed by atoms with Crippen molar-refractivity contribution >= 4 is 18.0 Å². The van der Waals surface area contributed by atoms with Crippen molar-refractivity contribution < 1.29 is 27.5 Å². The average Bonchev–Trinajstić information content (AvgIpc) is 3.44. The summed E-state index contributed by atoms with van der Waals surface area (Å²) in [5.41, 5.74) is 3.56. The zero-order valence-corrected chi connectivity index (χ0v) is 19.4. The molecule has 4 heterocycles. The summed E-state index contributed by atoms with van der Waals surface area (Å²) in [7, 11) is 0. The van der Waals surface area contributed by atoms with Crippen LogP contribution in [0.4, 0.5) is 18.0 Å². The molecule has 1 aromatic carbocycles. The highest BCUT2D eigenvalue weighted by atomic mass is 19.4. The van der Waals surface area contributed by atoms with Gasteiger partial charge in [0.25, 0.3) is 0 Å². The van der Waals surface area contributed by atoms with E-state index in [0.29, 0.717) is 51.3 Å². The molecule has 12 heteroatoms. The van der Waals surface area contributed by atoms with Crippen molar-refractivity contribution in [3.8, 4) is 5.75 Å². The van der Waals surface area contributed by atoms with Crippen LogP contribution in [0.5, 0.6) is 5.75 Å². The van der Waals surface area contributed by atoms with Crippen LogP contribution in [0, 0.1) is 5.92 Å². The summed E-state index contributed by atoms with van der Waals surface area (Å²) in [6.07, 6.45) is 1.75. The summed E-state index contributed by atoms with van der Waals surface area (Å²) in [5, 5.41) is 10.7. The lowest BCUT2D eigenvalue weighted by Gasteiger charge is -2.30. The van der Waals surface area contributed by atoms with E-state index in [4.69, 9.17) is 0 Å². The Kier molecular flexibility index (Phi) is 6.42. The zero-order valence-electron chi connectivity index (χ0n) is 19.4. The van der Waals surface area contributed by atoms with Crippen LogP contribution in [-0.2, 0) is 17.8 Å². The number of halogens is 3. The summed E-state index contributed by atoms with van der Waals surface area (Å²) < 4.78 is 40.7. The van der Waals surface area contributed by atoms with Gasteiger partial charge in [0.2, 0.25) is 5.91 Å². The fraction of sp³-hybridized carbons (Fsp3) is 0.417. The molecule has 9 nitrogen and oxygen atoms in total. The van der Waals surface area contributed by atoms with Crippen LogP contribution in [0.2, 0.25) is 0 Å². The molecular formula is C24H25F3N6O3. The normalized spacial score (nSPS) is 20.1. The van der Waals surface area contributed by atoms with Gasteiger partial charge in [0.05, 0.1) is 12.2 Å². The second kappa shape index (κ2) is 9.67. The maximum Gasteiger partial charge on any atom is 0.573 e. The monoisotopic (exact) mass is 502 g/mol. The molecule has 0 saturated carbocycles. The summed E-state index contributed by atoms with van der Waals surface area (Å²) in [6, 6.07) is 5.32. The second-order valence-electron chi connectivity index (χ2n) is 9.07. The smallest absolute Gasteiger partial charge is 0.406 e. The first-order chi connectivity index (χ1) is 17.2. The van der Waals surface area contributed by atoms with Gasteiger partial charge in [-0.2, -0.15) is 0 Å². The number of amides is 3. The Hall–Kier alpha value is -3.83. The lowest BCUT2D eigenvalue weighted by Crippen LogP contribution is -2.44. The molecule has 190 valence electrons. The van der Waals surface area contributed by atoms with Crippen molar-refractivity contribution in [3.05, 3.63) is 58.9 Å². The molecule has 0 spiro atoms. The average molecular weight is 502 g/mol. The van der Waals surface area contributed by atoms with Gasteiger partial charge in [0.15, 0.2) is 0 Å². The first-order valence-electron chi connectivity index (χ1n) is 11.7. The Labute approximate surface area is 205 Å². The molecule has 0 bridgehead atoms. The number of carbonyl (C=O) groups excluding carboxylic acids is 2. The third kappa shape index (κ3) is 5.37. The molecule has 3 amide bonds. The summed E-state index contributed by atoms with van der Waals surface area (Å²) in [4.78, 5) is 31.2. The number of hydrogen-bond donors (Lipinski definition) is 1. The topological polar surface area (TPSA) is 94.7 Å². The molecule has 3 aliphatic rings. The van der Waals surface area contributed by atoms with Crippen molar-refractivity contribution in [2.45, 2.75) is 25.7 Å². The number of alkyl halides is 3. The minimum Gasteiger partial charge on any atom is -0.406 e. The number of rotatable bonds is 3. The molecule has 36 heavy (non-hydrogen) atoms. The second-order valence-corrected chi connectivity index (χ2v) is 9.07. The first-order valence-corrected chi connectivity index (χ1v) is 11.7. The minimum absolute atomic E-state index is 0.000131. The quantitative estimate of drug-likeness (QED) is 0.515. The van der Waals surface area contributed by atoms with Gasteiger partial charge in [-0.1, -0.05) is 23.4 Å². The Morgan fingerprint density at radius 1 is 1.08 bits per heavy atom. The molecule has 1 atom stereocenters. The van der Waals surface area contributed by atoms with Gasteiger partial charge in [-0.15, -0.1) is 18.3 Å². The number of ether oxygens (including phenoxy) is 1. The molecular weight excluding hydrogens is 477 g/mol. The van der Waals surface area contributed by atoms with Gasteiger partial charge in [0.1, 0.15) is 11.4 Å². The fourth-order valence-corrected chi connectivity index (χ4v) is 4.80. The number of nitrogens with one attached hydrogen (secondary N) is 1. The SMILES string of the molecule is O=C(C=Cc1ccc(OC(F)(F)F)cc1)N1CC=C2CN(C(=O)N3CCc4[nH]nnc4C3)C[C@H]2CC1. The van der Waals surface area contributed by atoms with Gasteiger partial charge in [-0.25, -0.2) is 4.79 Å². The van der Waals surface area contributed by atoms with E-state index in [2.05, 4.69) is 20.1 Å². The van der Waals surface area contributed by atoms with E-state index >= 15 is 0 Å². The predicted octanol–water partition coefficient (Wildman–Crippen LogP) is 2.99. The predicted molar refractivity (Wildman–Crippen MR) is 122 cm³/mol. The van der Waals surface area contributed by atoms with Crippen LogP contribution in [0.25, 0.3) is 6.08 Å². The molecule has 0 radical (unpaired) electrons. The van der Waals surface area contributed by atoms with E-state index in [-0.39, 0.29) is 23.6 Å². The van der Waals surface area contributed by atoms with Gasteiger partial charge >= 0.3 is 12.4 Å². The number of H-pyrrole nitrogens is 1. The number of likely N-dealkylation sites (tertiary alicyclic amines) is 1. The summed E-state index contributed by atoms with van der Waals surface area (Å²) in [5.74, 6) is -0.274. The van der Waals surface area contributed by atoms with E-state index in [0.717, 1.165) is 17.8 Å². The Morgan fingerprint density at radius 2 is 1.89 bits per heavy atom. The van der Waals surface area contributed by atoms with Crippen LogP contribution >= 0.6 is 0 Å². The summed E-state index contributed by atoms with van der Waals surface area (Å²) in [6.45, 7) is 3.26. The Balaban J connectivity index is 1.15. The minimum atomic E-state index is -4.74. The molecule has 1 aromatic heterocycles. The first kappa shape index (κ1) is 23.9. The van der Waals surface area contributed by atoms with Crippen LogP contribution in [0.3, 0.4) is 0 Å². The highest BCUT2D eigenvalue weighted by Gasteiger charge is 2.35. The molecule has 1 saturated heterocycles. The number of carbonyl (C=O) groups is 2. The molecule has 1 fully saturated rings. The standard InChI is InChI=1S/C24H25F3N6O3/c25-24(26,27)36-19-4-1-16(2-5-19)3-6-22(34)31-10-7-17-13-33(14-18(17)8-11-31)23(35)32-12-9-20-21(15-32)29-30-28-20/h1-7,18H,8-15H2,(H,28,29,30)/t18-/m1/s1. The van der Waals surface area contributed by atoms with E-state index in [1.54, 1.807) is 15.9 Å². The number of aromatic nitrogens is 3. The van der Waals surface area contributed by atoms with Crippen molar-refractivity contribution in [2.24, 2.45) is 5.92 Å². The number of urea groups is 1. The number of benzene rings is 1. The number of fused-ring (bicyclic) bond motifs is 2. The Bertz CT molecular complexity index is 1190. The van der Waals surface area contributed by atoms with Gasteiger partial charge in [-0.05, 0) is 35.8 Å². The number of nitrogens with zero attached hydrogens (tertiary/aromatic N) is 5. The number of hydrogen-bond acceptors (Lipinski definition) is 5. The highest BCUT2D eigenvalue weighted by Crippen LogP contribution is 2.30. The third-order valence-electron chi connectivity index (χ3n) is 6.72. The lowest BCUT2D eigenvalue weighted by atomic mass is 10.00. The van der Waals surface area contributed by atoms with Gasteiger partial charge < -0.3 is 19.4 Å². The molecule has 5 rings (SSSR count). The van der Waals surface area contributed by atoms with Crippen molar-refractivity contribution in [2.75, 3.05) is 32.7 Å². The molecule has 1 N–H and O–H groups in total. The van der Waals surface area contributed by atoms with Crippen molar-refractivity contribution in [3.63, 3.8) is 0 Å². The maximum atomic E-state index is 13.1. The van der Waals surface area contributed by atoms with Crippen LogP contribution < -0.4 is 4.74 Å². The third-order valence-corrected chi connectivity index (χ3v) is 6.72. The van der Waals surface area contributed by atoms with Gasteiger partial charge in [0, 0.05) is 51.1 Å². The molecule has 0 unspecified atom stereocenters. The highest BCUT2D eigenvalue weighted by molar-refractivity contribution is 5.92. The van der Waals surface area contributed by atoms with E-state index in [1.165, 1.54) is 35.9 Å².